The second kappa shape index (κ2) is 6.07. The summed E-state index contributed by atoms with van der Waals surface area (Å²) in [5, 5.41) is 11.1. The zero-order chi connectivity index (χ0) is 14.8. The Balaban J connectivity index is 1.77. The van der Waals surface area contributed by atoms with E-state index in [2.05, 4.69) is 4.90 Å². The van der Waals surface area contributed by atoms with E-state index in [1.54, 1.807) is 0 Å². The molecule has 1 aliphatic carbocycles. The van der Waals surface area contributed by atoms with Crippen LogP contribution in [0.5, 0.6) is 0 Å². The van der Waals surface area contributed by atoms with E-state index >= 15 is 0 Å². The van der Waals surface area contributed by atoms with Gasteiger partial charge in [0.1, 0.15) is 5.82 Å². The van der Waals surface area contributed by atoms with Crippen LogP contribution in [0, 0.1) is 21.8 Å². The van der Waals surface area contributed by atoms with E-state index in [4.69, 9.17) is 4.74 Å². The summed E-state index contributed by atoms with van der Waals surface area (Å²) in [6.45, 7) is 2.66. The number of halogens is 1. The summed E-state index contributed by atoms with van der Waals surface area (Å²) in [4.78, 5) is 12.8. The van der Waals surface area contributed by atoms with Crippen molar-refractivity contribution in [3.05, 3.63) is 39.7 Å². The quantitative estimate of drug-likeness (QED) is 0.598. The first kappa shape index (κ1) is 14.4. The third-order valence-corrected chi connectivity index (χ3v) is 4.23. The van der Waals surface area contributed by atoms with Gasteiger partial charge in [-0.15, -0.1) is 0 Å². The zero-order valence-corrected chi connectivity index (χ0v) is 11.8. The molecule has 0 aromatic heterocycles. The monoisotopic (exact) mass is 294 g/mol. The molecule has 6 heteroatoms. The standard InChI is InChI=1S/C15H19FN2O3/c16-14-2-1-3-15(18(19)20)13(14)9-17(12-4-5-12)8-11-6-7-21-10-11/h1-3,11-12H,4-10H2/t11-/m0/s1. The maximum Gasteiger partial charge on any atom is 0.276 e. The first-order valence-electron chi connectivity index (χ1n) is 7.38. The molecule has 1 saturated heterocycles. The lowest BCUT2D eigenvalue weighted by Gasteiger charge is -2.24. The average Bonchev–Trinajstić information content (AvgIpc) is 3.18. The first-order chi connectivity index (χ1) is 10.1. The van der Waals surface area contributed by atoms with Gasteiger partial charge in [0.25, 0.3) is 5.69 Å². The van der Waals surface area contributed by atoms with E-state index in [1.807, 2.05) is 0 Å². The molecule has 3 rings (SSSR count). The van der Waals surface area contributed by atoms with Crippen molar-refractivity contribution in [2.24, 2.45) is 5.92 Å². The minimum Gasteiger partial charge on any atom is -0.381 e. The maximum absolute atomic E-state index is 14.0. The number of ether oxygens (including phenoxy) is 1. The molecule has 5 nitrogen and oxygen atoms in total. The van der Waals surface area contributed by atoms with E-state index in [-0.39, 0.29) is 11.3 Å². The van der Waals surface area contributed by atoms with Crippen molar-refractivity contribution in [1.82, 2.24) is 4.90 Å². The van der Waals surface area contributed by atoms with Gasteiger partial charge < -0.3 is 4.74 Å². The van der Waals surface area contributed by atoms with Crippen LogP contribution >= 0.6 is 0 Å². The van der Waals surface area contributed by atoms with Crippen LogP contribution in [0.15, 0.2) is 18.2 Å². The Kier molecular flexibility index (Phi) is 4.17. The van der Waals surface area contributed by atoms with Gasteiger partial charge in [0.15, 0.2) is 0 Å². The summed E-state index contributed by atoms with van der Waals surface area (Å²) in [6, 6.07) is 4.50. The van der Waals surface area contributed by atoms with E-state index in [9.17, 15) is 14.5 Å². The number of hydrogen-bond donors (Lipinski definition) is 0. The van der Waals surface area contributed by atoms with Gasteiger partial charge in [0, 0.05) is 31.8 Å². The minimum absolute atomic E-state index is 0.122. The van der Waals surface area contributed by atoms with Crippen LogP contribution in [0.25, 0.3) is 0 Å². The summed E-state index contributed by atoms with van der Waals surface area (Å²) < 4.78 is 19.4. The van der Waals surface area contributed by atoms with E-state index in [1.165, 1.54) is 18.2 Å². The Labute approximate surface area is 122 Å². The molecular weight excluding hydrogens is 275 g/mol. The van der Waals surface area contributed by atoms with Gasteiger partial charge in [0.05, 0.1) is 17.1 Å². The number of nitro groups is 1. The van der Waals surface area contributed by atoms with Gasteiger partial charge in [-0.3, -0.25) is 15.0 Å². The highest BCUT2D eigenvalue weighted by Crippen LogP contribution is 2.32. The smallest absolute Gasteiger partial charge is 0.276 e. The summed E-state index contributed by atoms with van der Waals surface area (Å²) in [7, 11) is 0. The lowest BCUT2D eigenvalue weighted by molar-refractivity contribution is -0.386. The minimum atomic E-state index is -0.498. The highest BCUT2D eigenvalue weighted by atomic mass is 19.1. The van der Waals surface area contributed by atoms with Crippen molar-refractivity contribution < 1.29 is 14.1 Å². The number of rotatable bonds is 6. The van der Waals surface area contributed by atoms with Crippen LogP contribution in [-0.2, 0) is 11.3 Å². The van der Waals surface area contributed by atoms with Crippen LogP contribution in [0.2, 0.25) is 0 Å². The van der Waals surface area contributed by atoms with Gasteiger partial charge in [-0.05, 0) is 31.2 Å². The molecule has 2 aliphatic rings. The zero-order valence-electron chi connectivity index (χ0n) is 11.8. The predicted molar refractivity (Wildman–Crippen MR) is 75.4 cm³/mol. The number of benzene rings is 1. The van der Waals surface area contributed by atoms with Crippen molar-refractivity contribution >= 4 is 5.69 Å². The van der Waals surface area contributed by atoms with Crippen LogP contribution < -0.4 is 0 Å². The molecule has 1 aromatic rings. The van der Waals surface area contributed by atoms with E-state index in [0.29, 0.717) is 18.5 Å². The highest BCUT2D eigenvalue weighted by Gasteiger charge is 2.33. The molecule has 0 N–H and O–H groups in total. The third kappa shape index (κ3) is 3.39. The molecule has 0 radical (unpaired) electrons. The van der Waals surface area contributed by atoms with Crippen molar-refractivity contribution in [2.45, 2.75) is 31.8 Å². The van der Waals surface area contributed by atoms with Crippen molar-refractivity contribution in [3.8, 4) is 0 Å². The molecule has 1 heterocycles. The molecule has 1 aromatic carbocycles. The van der Waals surface area contributed by atoms with Gasteiger partial charge in [-0.25, -0.2) is 4.39 Å². The van der Waals surface area contributed by atoms with Gasteiger partial charge in [0.2, 0.25) is 0 Å². The van der Waals surface area contributed by atoms with Gasteiger partial charge in [-0.1, -0.05) is 6.07 Å². The summed E-state index contributed by atoms with van der Waals surface area (Å²) in [5.41, 5.74) is 0.0802. The fourth-order valence-corrected chi connectivity index (χ4v) is 2.92. The molecule has 0 bridgehead atoms. The Bertz CT molecular complexity index is 528. The van der Waals surface area contributed by atoms with Crippen LogP contribution in [-0.4, -0.2) is 35.6 Å². The normalized spacial score (nSPS) is 21.9. The molecule has 114 valence electrons. The van der Waals surface area contributed by atoms with Crippen LogP contribution in [0.1, 0.15) is 24.8 Å². The molecule has 0 unspecified atom stereocenters. The molecule has 0 amide bonds. The van der Waals surface area contributed by atoms with E-state index < -0.39 is 10.7 Å². The maximum atomic E-state index is 14.0. The number of nitro benzene ring substituents is 1. The van der Waals surface area contributed by atoms with Crippen LogP contribution in [0.4, 0.5) is 10.1 Å². The van der Waals surface area contributed by atoms with Gasteiger partial charge >= 0.3 is 0 Å². The number of hydrogen-bond acceptors (Lipinski definition) is 4. The molecule has 1 atom stereocenters. The third-order valence-electron chi connectivity index (χ3n) is 4.23. The molecule has 1 aliphatic heterocycles. The summed E-state index contributed by atoms with van der Waals surface area (Å²) >= 11 is 0. The first-order valence-corrected chi connectivity index (χ1v) is 7.38. The van der Waals surface area contributed by atoms with Crippen molar-refractivity contribution in [1.29, 1.82) is 0 Å². The predicted octanol–water partition coefficient (Wildman–Crippen LogP) is 2.73. The molecule has 21 heavy (non-hydrogen) atoms. The lowest BCUT2D eigenvalue weighted by atomic mass is 10.1. The Morgan fingerprint density at radius 2 is 2.19 bits per heavy atom. The molecular formula is C15H19FN2O3. The Morgan fingerprint density at radius 3 is 2.81 bits per heavy atom. The molecule has 1 saturated carbocycles. The van der Waals surface area contributed by atoms with Crippen molar-refractivity contribution in [2.75, 3.05) is 19.8 Å². The van der Waals surface area contributed by atoms with E-state index in [0.717, 1.165) is 39.0 Å². The second-order valence-corrected chi connectivity index (χ2v) is 5.88. The fourth-order valence-electron chi connectivity index (χ4n) is 2.92. The highest BCUT2D eigenvalue weighted by molar-refractivity contribution is 5.41. The Hall–Kier alpha value is -1.53. The second-order valence-electron chi connectivity index (χ2n) is 5.88. The SMILES string of the molecule is O=[N+]([O-])c1cccc(F)c1CN(C[C@@H]1CCOC1)C1CC1. The lowest BCUT2D eigenvalue weighted by Crippen LogP contribution is -2.32. The molecule has 2 fully saturated rings. The molecule has 0 spiro atoms. The number of nitrogens with zero attached hydrogens (tertiary/aromatic N) is 2. The summed E-state index contributed by atoms with van der Waals surface area (Å²) in [5.74, 6) is -0.0334. The fraction of sp³-hybridized carbons (Fsp3) is 0.600. The largest absolute Gasteiger partial charge is 0.381 e. The van der Waals surface area contributed by atoms with Gasteiger partial charge in [-0.2, -0.15) is 0 Å². The van der Waals surface area contributed by atoms with Crippen LogP contribution in [0.3, 0.4) is 0 Å². The summed E-state index contributed by atoms with van der Waals surface area (Å²) in [6.07, 6.45) is 3.20. The average molecular weight is 294 g/mol. The van der Waals surface area contributed by atoms with Crippen molar-refractivity contribution in [3.63, 3.8) is 0 Å². The topological polar surface area (TPSA) is 55.6 Å². The Morgan fingerprint density at radius 1 is 1.38 bits per heavy atom.